The number of nitrogens with zero attached hydrogens (tertiary/aromatic N) is 1. The Balaban J connectivity index is 1.95. The highest BCUT2D eigenvalue weighted by Gasteiger charge is 2.40. The molecule has 0 spiro atoms. The SMILES string of the molecule is CCOC1CNC(c2ccccc2)C1N(C)c1ccccc1OC. The average molecular weight is 326 g/mol. The van der Waals surface area contributed by atoms with Crippen LogP contribution in [0.15, 0.2) is 54.6 Å². The van der Waals surface area contributed by atoms with Crippen LogP contribution in [0.4, 0.5) is 5.69 Å². The number of hydrogen-bond acceptors (Lipinski definition) is 4. The van der Waals surface area contributed by atoms with Crippen molar-refractivity contribution < 1.29 is 9.47 Å². The number of rotatable bonds is 6. The van der Waals surface area contributed by atoms with Gasteiger partial charge in [-0.15, -0.1) is 0 Å². The first kappa shape index (κ1) is 16.8. The molecule has 1 aliphatic heterocycles. The molecular weight excluding hydrogens is 300 g/mol. The zero-order valence-corrected chi connectivity index (χ0v) is 14.6. The Hall–Kier alpha value is -2.04. The summed E-state index contributed by atoms with van der Waals surface area (Å²) in [6.07, 6.45) is 0.134. The van der Waals surface area contributed by atoms with Crippen LogP contribution in [0.5, 0.6) is 5.75 Å². The van der Waals surface area contributed by atoms with Crippen molar-refractivity contribution in [1.82, 2.24) is 5.32 Å². The number of benzene rings is 2. The summed E-state index contributed by atoms with van der Waals surface area (Å²) in [5, 5.41) is 3.64. The van der Waals surface area contributed by atoms with E-state index in [4.69, 9.17) is 9.47 Å². The summed E-state index contributed by atoms with van der Waals surface area (Å²) in [4.78, 5) is 2.29. The molecule has 1 aliphatic rings. The summed E-state index contributed by atoms with van der Waals surface area (Å²) in [6.45, 7) is 3.61. The lowest BCUT2D eigenvalue weighted by molar-refractivity contribution is 0.0630. The van der Waals surface area contributed by atoms with Gasteiger partial charge in [-0.25, -0.2) is 0 Å². The van der Waals surface area contributed by atoms with Crippen molar-refractivity contribution in [3.8, 4) is 5.75 Å². The second-order valence-electron chi connectivity index (χ2n) is 6.06. The van der Waals surface area contributed by atoms with Gasteiger partial charge in [0.25, 0.3) is 0 Å². The third-order valence-electron chi connectivity index (χ3n) is 4.71. The second kappa shape index (κ2) is 7.69. The minimum atomic E-state index is 0.134. The van der Waals surface area contributed by atoms with E-state index in [9.17, 15) is 0 Å². The van der Waals surface area contributed by atoms with E-state index in [2.05, 4.69) is 60.6 Å². The number of anilines is 1. The zero-order chi connectivity index (χ0) is 16.9. The van der Waals surface area contributed by atoms with Crippen molar-refractivity contribution >= 4 is 5.69 Å². The number of likely N-dealkylation sites (N-methyl/N-ethyl adjacent to an activating group) is 1. The van der Waals surface area contributed by atoms with Gasteiger partial charge in [0.1, 0.15) is 5.75 Å². The topological polar surface area (TPSA) is 33.7 Å². The van der Waals surface area contributed by atoms with Crippen LogP contribution in [0.25, 0.3) is 0 Å². The molecule has 4 nitrogen and oxygen atoms in total. The monoisotopic (exact) mass is 326 g/mol. The van der Waals surface area contributed by atoms with E-state index in [1.807, 2.05) is 18.2 Å². The van der Waals surface area contributed by atoms with Gasteiger partial charge in [0, 0.05) is 20.2 Å². The molecule has 3 unspecified atom stereocenters. The van der Waals surface area contributed by atoms with Crippen LogP contribution in [0.2, 0.25) is 0 Å². The fraction of sp³-hybridized carbons (Fsp3) is 0.400. The number of para-hydroxylation sites is 2. The summed E-state index contributed by atoms with van der Waals surface area (Å²) in [5.74, 6) is 0.883. The van der Waals surface area contributed by atoms with Crippen molar-refractivity contribution in [2.45, 2.75) is 25.1 Å². The molecule has 0 amide bonds. The summed E-state index contributed by atoms with van der Waals surface area (Å²) >= 11 is 0. The maximum atomic E-state index is 6.04. The Morgan fingerprint density at radius 3 is 2.50 bits per heavy atom. The molecule has 3 rings (SSSR count). The highest BCUT2D eigenvalue weighted by molar-refractivity contribution is 5.59. The normalized spacial score (nSPS) is 23.2. The molecule has 1 fully saturated rings. The summed E-state index contributed by atoms with van der Waals surface area (Å²) in [7, 11) is 3.84. The molecule has 0 bridgehead atoms. The number of methoxy groups -OCH3 is 1. The first-order chi connectivity index (χ1) is 11.8. The van der Waals surface area contributed by atoms with Crippen LogP contribution in [-0.2, 0) is 4.74 Å². The van der Waals surface area contributed by atoms with Gasteiger partial charge >= 0.3 is 0 Å². The van der Waals surface area contributed by atoms with E-state index in [-0.39, 0.29) is 18.2 Å². The van der Waals surface area contributed by atoms with E-state index in [0.717, 1.165) is 18.0 Å². The lowest BCUT2D eigenvalue weighted by Gasteiger charge is -2.35. The van der Waals surface area contributed by atoms with Crippen LogP contribution in [0.1, 0.15) is 18.5 Å². The minimum absolute atomic E-state index is 0.134. The van der Waals surface area contributed by atoms with E-state index < -0.39 is 0 Å². The molecule has 0 aliphatic carbocycles. The number of ether oxygens (including phenoxy) is 2. The Labute approximate surface area is 144 Å². The molecule has 4 heteroatoms. The molecule has 0 aromatic heterocycles. The van der Waals surface area contributed by atoms with Crippen molar-refractivity contribution in [1.29, 1.82) is 0 Å². The summed E-state index contributed by atoms with van der Waals surface area (Å²) < 4.78 is 11.6. The van der Waals surface area contributed by atoms with Gasteiger partial charge in [-0.2, -0.15) is 0 Å². The summed E-state index contributed by atoms with van der Waals surface area (Å²) in [5.41, 5.74) is 2.37. The van der Waals surface area contributed by atoms with Crippen LogP contribution < -0.4 is 15.0 Å². The van der Waals surface area contributed by atoms with Gasteiger partial charge in [-0.05, 0) is 24.6 Å². The quantitative estimate of drug-likeness (QED) is 0.883. The average Bonchev–Trinajstić information content (AvgIpc) is 3.06. The van der Waals surface area contributed by atoms with E-state index in [1.165, 1.54) is 5.56 Å². The molecule has 1 N–H and O–H groups in total. The van der Waals surface area contributed by atoms with E-state index >= 15 is 0 Å². The van der Waals surface area contributed by atoms with Crippen molar-refractivity contribution in [3.05, 3.63) is 60.2 Å². The Morgan fingerprint density at radius 1 is 1.08 bits per heavy atom. The van der Waals surface area contributed by atoms with Crippen molar-refractivity contribution in [2.75, 3.05) is 32.2 Å². The third kappa shape index (κ3) is 3.25. The van der Waals surface area contributed by atoms with Gasteiger partial charge in [-0.1, -0.05) is 42.5 Å². The molecule has 24 heavy (non-hydrogen) atoms. The second-order valence-corrected chi connectivity index (χ2v) is 6.06. The van der Waals surface area contributed by atoms with Gasteiger partial charge in [0.15, 0.2) is 0 Å². The predicted octanol–water partition coefficient (Wildman–Crippen LogP) is 3.25. The molecule has 3 atom stereocenters. The highest BCUT2D eigenvalue weighted by atomic mass is 16.5. The number of hydrogen-bond donors (Lipinski definition) is 1. The van der Waals surface area contributed by atoms with Gasteiger partial charge in [0.2, 0.25) is 0 Å². The van der Waals surface area contributed by atoms with Crippen molar-refractivity contribution in [2.24, 2.45) is 0 Å². The fourth-order valence-electron chi connectivity index (χ4n) is 3.60. The molecule has 0 saturated carbocycles. The highest BCUT2D eigenvalue weighted by Crippen LogP contribution is 2.36. The first-order valence-corrected chi connectivity index (χ1v) is 8.52. The largest absolute Gasteiger partial charge is 0.495 e. The lowest BCUT2D eigenvalue weighted by atomic mass is 9.97. The Bertz CT molecular complexity index is 647. The van der Waals surface area contributed by atoms with E-state index in [0.29, 0.717) is 6.61 Å². The van der Waals surface area contributed by atoms with Crippen LogP contribution >= 0.6 is 0 Å². The standard InChI is InChI=1S/C20H26N2O2/c1-4-24-18-14-21-19(15-10-6-5-7-11-15)20(18)22(2)16-12-8-9-13-17(16)23-3/h5-13,18-21H,4,14H2,1-3H3. The van der Waals surface area contributed by atoms with Gasteiger partial charge in [0.05, 0.1) is 31.0 Å². The lowest BCUT2D eigenvalue weighted by Crippen LogP contribution is -2.43. The molecule has 128 valence electrons. The Kier molecular flexibility index (Phi) is 5.38. The van der Waals surface area contributed by atoms with E-state index in [1.54, 1.807) is 7.11 Å². The molecule has 2 aromatic rings. The summed E-state index contributed by atoms with van der Waals surface area (Å²) in [6, 6.07) is 19.1. The van der Waals surface area contributed by atoms with Gasteiger partial charge in [-0.3, -0.25) is 0 Å². The first-order valence-electron chi connectivity index (χ1n) is 8.52. The smallest absolute Gasteiger partial charge is 0.142 e. The molecule has 1 heterocycles. The van der Waals surface area contributed by atoms with Crippen LogP contribution in [-0.4, -0.2) is 39.5 Å². The molecule has 1 saturated heterocycles. The zero-order valence-electron chi connectivity index (χ0n) is 14.6. The Morgan fingerprint density at radius 2 is 1.79 bits per heavy atom. The molecule has 2 aromatic carbocycles. The van der Waals surface area contributed by atoms with Gasteiger partial charge < -0.3 is 19.7 Å². The van der Waals surface area contributed by atoms with Crippen LogP contribution in [0.3, 0.4) is 0 Å². The maximum absolute atomic E-state index is 6.04. The maximum Gasteiger partial charge on any atom is 0.142 e. The molecule has 0 radical (unpaired) electrons. The van der Waals surface area contributed by atoms with Crippen LogP contribution in [0, 0.1) is 0 Å². The van der Waals surface area contributed by atoms with Crippen molar-refractivity contribution in [3.63, 3.8) is 0 Å². The third-order valence-corrected chi connectivity index (χ3v) is 4.71. The fourth-order valence-corrected chi connectivity index (χ4v) is 3.60. The molecular formula is C20H26N2O2. The predicted molar refractivity (Wildman–Crippen MR) is 97.8 cm³/mol. The minimum Gasteiger partial charge on any atom is -0.495 e. The number of nitrogens with one attached hydrogen (secondary N) is 1.